The van der Waals surface area contributed by atoms with E-state index in [4.69, 9.17) is 27.9 Å². The lowest BCUT2D eigenvalue weighted by atomic mass is 10.2. The third-order valence-corrected chi connectivity index (χ3v) is 3.69. The lowest BCUT2D eigenvalue weighted by molar-refractivity contribution is 0.0467. The molecule has 0 aliphatic carbocycles. The smallest absolute Gasteiger partial charge is 0.358 e. The molecule has 0 fully saturated rings. The van der Waals surface area contributed by atoms with Crippen LogP contribution in [-0.2, 0) is 11.3 Å². The quantitative estimate of drug-likeness (QED) is 0.685. The molecule has 3 rings (SSSR count). The standard InChI is InChI=1S/C15H10Cl2N2O2/c16-11-4-3-5-12(17)10(11)9-21-15(20)13-8-19-7-2-1-6-14(19)18-13/h1-8H,9H2. The Hall–Kier alpha value is -2.04. The van der Waals surface area contributed by atoms with Gasteiger partial charge in [0.2, 0.25) is 0 Å². The zero-order valence-corrected chi connectivity index (χ0v) is 12.3. The molecule has 106 valence electrons. The Balaban J connectivity index is 1.77. The molecule has 0 spiro atoms. The largest absolute Gasteiger partial charge is 0.456 e. The van der Waals surface area contributed by atoms with E-state index in [-0.39, 0.29) is 12.3 Å². The molecule has 4 nitrogen and oxygen atoms in total. The highest BCUT2D eigenvalue weighted by Crippen LogP contribution is 2.25. The molecule has 0 atom stereocenters. The Bertz CT molecular complexity index is 761. The van der Waals surface area contributed by atoms with Crippen LogP contribution in [0.4, 0.5) is 0 Å². The van der Waals surface area contributed by atoms with Crippen molar-refractivity contribution in [2.75, 3.05) is 0 Å². The summed E-state index contributed by atoms with van der Waals surface area (Å²) in [6, 6.07) is 10.6. The van der Waals surface area contributed by atoms with Crippen LogP contribution in [0.2, 0.25) is 10.0 Å². The van der Waals surface area contributed by atoms with E-state index in [2.05, 4.69) is 4.98 Å². The van der Waals surface area contributed by atoms with E-state index in [9.17, 15) is 4.79 Å². The second kappa shape index (κ2) is 5.76. The zero-order valence-electron chi connectivity index (χ0n) is 10.8. The van der Waals surface area contributed by atoms with Crippen LogP contribution in [0.3, 0.4) is 0 Å². The molecule has 6 heteroatoms. The van der Waals surface area contributed by atoms with Gasteiger partial charge in [-0.3, -0.25) is 0 Å². The molecule has 2 heterocycles. The summed E-state index contributed by atoms with van der Waals surface area (Å²) in [6.07, 6.45) is 3.43. The molecule has 0 aliphatic rings. The zero-order chi connectivity index (χ0) is 14.8. The van der Waals surface area contributed by atoms with E-state index in [1.807, 2.05) is 24.4 Å². The molecule has 0 bridgehead atoms. The summed E-state index contributed by atoms with van der Waals surface area (Å²) < 4.78 is 6.97. The molecule has 0 unspecified atom stereocenters. The number of halogens is 2. The lowest BCUT2D eigenvalue weighted by Crippen LogP contribution is -2.06. The Labute approximate surface area is 130 Å². The number of carbonyl (C=O) groups excluding carboxylic acids is 1. The number of benzene rings is 1. The van der Waals surface area contributed by atoms with Crippen molar-refractivity contribution in [3.8, 4) is 0 Å². The number of hydrogen-bond acceptors (Lipinski definition) is 3. The Morgan fingerprint density at radius 2 is 1.90 bits per heavy atom. The fourth-order valence-corrected chi connectivity index (χ4v) is 2.42. The average molecular weight is 321 g/mol. The van der Waals surface area contributed by atoms with Gasteiger partial charge < -0.3 is 9.14 Å². The van der Waals surface area contributed by atoms with Crippen molar-refractivity contribution >= 4 is 34.8 Å². The fraction of sp³-hybridized carbons (Fsp3) is 0.0667. The van der Waals surface area contributed by atoms with Crippen molar-refractivity contribution in [3.63, 3.8) is 0 Å². The summed E-state index contributed by atoms with van der Waals surface area (Å²) in [7, 11) is 0. The molecular weight excluding hydrogens is 311 g/mol. The number of esters is 1. The Morgan fingerprint density at radius 1 is 1.14 bits per heavy atom. The SMILES string of the molecule is O=C(OCc1c(Cl)cccc1Cl)c1cn2ccccc2n1. The van der Waals surface area contributed by atoms with E-state index in [0.717, 1.165) is 0 Å². The van der Waals surface area contributed by atoms with Gasteiger partial charge in [0.15, 0.2) is 5.69 Å². The third-order valence-electron chi connectivity index (χ3n) is 2.98. The molecule has 0 amide bonds. The van der Waals surface area contributed by atoms with Crippen molar-refractivity contribution in [3.05, 3.63) is 70.1 Å². The maximum Gasteiger partial charge on any atom is 0.358 e. The Kier molecular flexibility index (Phi) is 3.82. The van der Waals surface area contributed by atoms with Gasteiger partial charge in [0.05, 0.1) is 0 Å². The molecule has 2 aromatic heterocycles. The summed E-state index contributed by atoms with van der Waals surface area (Å²) >= 11 is 12.1. The number of ether oxygens (including phenoxy) is 1. The van der Waals surface area contributed by atoms with E-state index in [0.29, 0.717) is 21.3 Å². The van der Waals surface area contributed by atoms with Crippen molar-refractivity contribution in [2.45, 2.75) is 6.61 Å². The van der Waals surface area contributed by atoms with Gasteiger partial charge in [0.1, 0.15) is 12.3 Å². The summed E-state index contributed by atoms with van der Waals surface area (Å²) in [4.78, 5) is 16.2. The van der Waals surface area contributed by atoms with Gasteiger partial charge in [-0.05, 0) is 24.3 Å². The molecule has 0 saturated carbocycles. The summed E-state index contributed by atoms with van der Waals surface area (Å²) in [5.41, 5.74) is 1.50. The average Bonchev–Trinajstić information content (AvgIpc) is 2.90. The third kappa shape index (κ3) is 2.86. The Morgan fingerprint density at radius 3 is 2.62 bits per heavy atom. The van der Waals surface area contributed by atoms with Crippen molar-refractivity contribution in [1.82, 2.24) is 9.38 Å². The first kappa shape index (κ1) is 13.9. The maximum atomic E-state index is 12.0. The van der Waals surface area contributed by atoms with Gasteiger partial charge in [-0.25, -0.2) is 9.78 Å². The van der Waals surface area contributed by atoms with Crippen molar-refractivity contribution < 1.29 is 9.53 Å². The van der Waals surface area contributed by atoms with Crippen LogP contribution in [0.1, 0.15) is 16.1 Å². The first-order valence-corrected chi connectivity index (χ1v) is 6.94. The van der Waals surface area contributed by atoms with Gasteiger partial charge >= 0.3 is 5.97 Å². The van der Waals surface area contributed by atoms with Crippen LogP contribution in [0.25, 0.3) is 5.65 Å². The first-order chi connectivity index (χ1) is 10.1. The van der Waals surface area contributed by atoms with E-state index in [1.165, 1.54) is 0 Å². The highest BCUT2D eigenvalue weighted by atomic mass is 35.5. The van der Waals surface area contributed by atoms with Gasteiger partial charge in [0, 0.05) is 28.0 Å². The lowest BCUT2D eigenvalue weighted by Gasteiger charge is -2.07. The molecule has 0 saturated heterocycles. The monoisotopic (exact) mass is 320 g/mol. The van der Waals surface area contributed by atoms with Crippen LogP contribution >= 0.6 is 23.2 Å². The second-order valence-electron chi connectivity index (χ2n) is 4.37. The van der Waals surface area contributed by atoms with E-state index >= 15 is 0 Å². The van der Waals surface area contributed by atoms with Crippen molar-refractivity contribution in [2.24, 2.45) is 0 Å². The number of imidazole rings is 1. The molecule has 1 aromatic carbocycles. The minimum Gasteiger partial charge on any atom is -0.456 e. The fourth-order valence-electron chi connectivity index (χ4n) is 1.91. The number of rotatable bonds is 3. The molecule has 0 aliphatic heterocycles. The number of aromatic nitrogens is 2. The van der Waals surface area contributed by atoms with Gasteiger partial charge in [-0.2, -0.15) is 0 Å². The minimum atomic E-state index is -0.519. The van der Waals surface area contributed by atoms with Gasteiger partial charge in [0.25, 0.3) is 0 Å². The summed E-state index contributed by atoms with van der Waals surface area (Å²) in [6.45, 7) is 0.00517. The first-order valence-electron chi connectivity index (χ1n) is 6.19. The van der Waals surface area contributed by atoms with E-state index < -0.39 is 5.97 Å². The number of hydrogen-bond donors (Lipinski definition) is 0. The highest BCUT2D eigenvalue weighted by molar-refractivity contribution is 6.35. The topological polar surface area (TPSA) is 43.6 Å². The second-order valence-corrected chi connectivity index (χ2v) is 5.18. The van der Waals surface area contributed by atoms with Crippen LogP contribution < -0.4 is 0 Å². The molecule has 21 heavy (non-hydrogen) atoms. The van der Waals surface area contributed by atoms with Gasteiger partial charge in [-0.15, -0.1) is 0 Å². The van der Waals surface area contributed by atoms with Crippen LogP contribution in [0.15, 0.2) is 48.8 Å². The van der Waals surface area contributed by atoms with Crippen LogP contribution in [-0.4, -0.2) is 15.4 Å². The van der Waals surface area contributed by atoms with Crippen LogP contribution in [0, 0.1) is 0 Å². The number of nitrogens with zero attached hydrogens (tertiary/aromatic N) is 2. The molecule has 3 aromatic rings. The number of fused-ring (bicyclic) bond motifs is 1. The predicted molar refractivity (Wildman–Crippen MR) is 80.8 cm³/mol. The predicted octanol–water partition coefficient (Wildman–Crippen LogP) is 4.00. The highest BCUT2D eigenvalue weighted by Gasteiger charge is 2.14. The van der Waals surface area contributed by atoms with Gasteiger partial charge in [-0.1, -0.05) is 35.3 Å². The van der Waals surface area contributed by atoms with E-state index in [1.54, 1.807) is 28.8 Å². The number of pyridine rings is 1. The normalized spacial score (nSPS) is 10.8. The summed E-state index contributed by atoms with van der Waals surface area (Å²) in [5, 5.41) is 0.926. The number of carbonyl (C=O) groups is 1. The molecular formula is C15H10Cl2N2O2. The maximum absolute atomic E-state index is 12.0. The minimum absolute atomic E-state index is 0.00517. The molecule has 0 radical (unpaired) electrons. The van der Waals surface area contributed by atoms with Crippen LogP contribution in [0.5, 0.6) is 0 Å². The molecule has 0 N–H and O–H groups in total. The summed E-state index contributed by atoms with van der Waals surface area (Å²) in [5.74, 6) is -0.519. The van der Waals surface area contributed by atoms with Crippen molar-refractivity contribution in [1.29, 1.82) is 0 Å².